The van der Waals surface area contributed by atoms with E-state index in [-0.39, 0.29) is 30.2 Å². The summed E-state index contributed by atoms with van der Waals surface area (Å²) in [6.07, 6.45) is -1.55. The van der Waals surface area contributed by atoms with Gasteiger partial charge in [-0.25, -0.2) is 17.2 Å². The van der Waals surface area contributed by atoms with Gasteiger partial charge in [-0.2, -0.15) is 0 Å². The largest absolute Gasteiger partial charge is 0.390 e. The van der Waals surface area contributed by atoms with E-state index in [1.807, 2.05) is 12.1 Å². The molecule has 3 rings (SSSR count). The van der Waals surface area contributed by atoms with Gasteiger partial charge in [0.05, 0.1) is 16.8 Å². The van der Waals surface area contributed by atoms with E-state index >= 15 is 0 Å². The molecule has 212 valence electrons. The van der Waals surface area contributed by atoms with Crippen molar-refractivity contribution in [1.29, 1.82) is 0 Å². The predicted molar refractivity (Wildman–Crippen MR) is 147 cm³/mol. The predicted octanol–water partition coefficient (Wildman–Crippen LogP) is 3.31. The van der Waals surface area contributed by atoms with Gasteiger partial charge in [0.25, 0.3) is 0 Å². The standard InChI is InChI=1S/C22H30N2O5S.C7H6F2/c1-2-17-7-6-8-18(13-17)14-23-15-19(25)16-24-22(27)21(26)11-12-30(28,29)20-9-4-3-5-10-20;1-5-2-6(8)4-7(9)3-5/h3-10,13,19,21,23,25-26H,2,11-12,14-16H2,1H3,(H,24,27);2-4H,1H3. The van der Waals surface area contributed by atoms with Gasteiger partial charge in [-0.1, -0.05) is 49.4 Å². The van der Waals surface area contributed by atoms with Gasteiger partial charge in [0.2, 0.25) is 5.91 Å². The minimum atomic E-state index is -3.56. The Balaban J connectivity index is 0.000000499. The second-order valence-corrected chi connectivity index (χ2v) is 11.2. The van der Waals surface area contributed by atoms with Crippen molar-refractivity contribution in [3.8, 4) is 0 Å². The van der Waals surface area contributed by atoms with Crippen molar-refractivity contribution >= 4 is 15.7 Å². The van der Waals surface area contributed by atoms with Crippen LogP contribution in [0.15, 0.2) is 77.7 Å². The average Bonchev–Trinajstić information content (AvgIpc) is 2.90. The SMILES string of the molecule is CCc1cccc(CNCC(O)CNC(=O)C(O)CCS(=O)(=O)c2ccccc2)c1.Cc1cc(F)cc(F)c1. The Bertz CT molecular complexity index is 1240. The first-order chi connectivity index (χ1) is 18.5. The first-order valence-corrected chi connectivity index (χ1v) is 14.3. The van der Waals surface area contributed by atoms with Crippen molar-refractivity contribution < 1.29 is 32.2 Å². The van der Waals surface area contributed by atoms with Crippen LogP contribution in [-0.2, 0) is 27.6 Å². The topological polar surface area (TPSA) is 116 Å². The normalized spacial score (nSPS) is 12.7. The highest BCUT2D eigenvalue weighted by Gasteiger charge is 2.21. The van der Waals surface area contributed by atoms with E-state index in [1.165, 1.54) is 29.8 Å². The molecule has 0 bridgehead atoms. The van der Waals surface area contributed by atoms with Crippen LogP contribution in [-0.4, -0.2) is 55.6 Å². The summed E-state index contributed by atoms with van der Waals surface area (Å²) < 4.78 is 48.8. The van der Waals surface area contributed by atoms with Crippen LogP contribution < -0.4 is 10.6 Å². The number of halogens is 2. The number of carbonyl (C=O) groups is 1. The second-order valence-electron chi connectivity index (χ2n) is 9.09. The second kappa shape index (κ2) is 16.0. The summed E-state index contributed by atoms with van der Waals surface area (Å²) in [4.78, 5) is 12.1. The highest BCUT2D eigenvalue weighted by Crippen LogP contribution is 2.12. The van der Waals surface area contributed by atoms with Crippen LogP contribution in [0.1, 0.15) is 30.0 Å². The number of hydrogen-bond donors (Lipinski definition) is 4. The molecule has 0 aromatic heterocycles. The molecular formula is C29H36F2N2O5S. The molecule has 7 nitrogen and oxygen atoms in total. The van der Waals surface area contributed by atoms with Gasteiger partial charge in [0, 0.05) is 25.7 Å². The molecule has 0 aliphatic carbocycles. The van der Waals surface area contributed by atoms with Gasteiger partial charge in [0.1, 0.15) is 17.7 Å². The first-order valence-electron chi connectivity index (χ1n) is 12.6. The Labute approximate surface area is 228 Å². The smallest absolute Gasteiger partial charge is 0.248 e. The third-order valence-corrected chi connectivity index (χ3v) is 7.46. The van der Waals surface area contributed by atoms with Gasteiger partial charge in [-0.3, -0.25) is 4.79 Å². The molecule has 0 aliphatic heterocycles. The van der Waals surface area contributed by atoms with E-state index in [2.05, 4.69) is 29.7 Å². The summed E-state index contributed by atoms with van der Waals surface area (Å²) in [5.74, 6) is -2.08. The zero-order chi connectivity index (χ0) is 28.8. The lowest BCUT2D eigenvalue weighted by atomic mass is 10.1. The number of sulfone groups is 1. The number of rotatable bonds is 12. The molecule has 2 unspecified atom stereocenters. The van der Waals surface area contributed by atoms with E-state index in [0.717, 1.165) is 18.1 Å². The van der Waals surface area contributed by atoms with Gasteiger partial charge >= 0.3 is 0 Å². The minimum Gasteiger partial charge on any atom is -0.390 e. The fourth-order valence-corrected chi connectivity index (χ4v) is 4.93. The lowest BCUT2D eigenvalue weighted by molar-refractivity contribution is -0.129. The van der Waals surface area contributed by atoms with E-state index in [0.29, 0.717) is 12.1 Å². The molecule has 10 heteroatoms. The van der Waals surface area contributed by atoms with Crippen molar-refractivity contribution in [2.75, 3.05) is 18.8 Å². The summed E-state index contributed by atoms with van der Waals surface area (Å²) in [7, 11) is -3.56. The molecular weight excluding hydrogens is 526 g/mol. The lowest BCUT2D eigenvalue weighted by Crippen LogP contribution is -2.42. The number of aliphatic hydroxyl groups excluding tert-OH is 2. The van der Waals surface area contributed by atoms with Crippen molar-refractivity contribution in [1.82, 2.24) is 10.6 Å². The molecule has 2 atom stereocenters. The number of aliphatic hydroxyl groups is 2. The van der Waals surface area contributed by atoms with Crippen molar-refractivity contribution in [3.05, 3.63) is 101 Å². The fraction of sp³-hybridized carbons (Fsp3) is 0.345. The third-order valence-electron chi connectivity index (χ3n) is 5.69. The number of aryl methyl sites for hydroxylation is 2. The van der Waals surface area contributed by atoms with Gasteiger partial charge in [-0.05, 0) is 60.7 Å². The van der Waals surface area contributed by atoms with Crippen LogP contribution in [0.4, 0.5) is 8.78 Å². The molecule has 0 saturated carbocycles. The highest BCUT2D eigenvalue weighted by atomic mass is 32.2. The van der Waals surface area contributed by atoms with Crippen molar-refractivity contribution in [3.63, 3.8) is 0 Å². The van der Waals surface area contributed by atoms with Crippen molar-refractivity contribution in [2.45, 2.75) is 50.3 Å². The van der Waals surface area contributed by atoms with E-state index < -0.39 is 39.6 Å². The summed E-state index contributed by atoms with van der Waals surface area (Å²) >= 11 is 0. The first kappa shape index (κ1) is 32.0. The van der Waals surface area contributed by atoms with E-state index in [9.17, 15) is 32.2 Å². The van der Waals surface area contributed by atoms with Crippen LogP contribution >= 0.6 is 0 Å². The molecule has 0 fully saturated rings. The Hall–Kier alpha value is -3.18. The maximum atomic E-state index is 12.2. The quantitative estimate of drug-likeness (QED) is 0.269. The zero-order valence-electron chi connectivity index (χ0n) is 22.1. The highest BCUT2D eigenvalue weighted by molar-refractivity contribution is 7.91. The summed E-state index contributed by atoms with van der Waals surface area (Å²) in [5.41, 5.74) is 2.96. The monoisotopic (exact) mass is 562 g/mol. The Kier molecular flexibility index (Phi) is 13.2. The Morgan fingerprint density at radius 3 is 2.15 bits per heavy atom. The van der Waals surface area contributed by atoms with E-state index in [1.54, 1.807) is 25.1 Å². The number of carbonyl (C=O) groups excluding carboxylic acids is 1. The van der Waals surface area contributed by atoms with Crippen molar-refractivity contribution in [2.24, 2.45) is 0 Å². The Morgan fingerprint density at radius 2 is 1.54 bits per heavy atom. The molecule has 39 heavy (non-hydrogen) atoms. The molecule has 4 N–H and O–H groups in total. The molecule has 0 saturated heterocycles. The Morgan fingerprint density at radius 1 is 0.897 bits per heavy atom. The third kappa shape index (κ3) is 12.0. The number of amides is 1. The number of hydrogen-bond acceptors (Lipinski definition) is 6. The maximum absolute atomic E-state index is 12.2. The number of benzene rings is 3. The molecule has 3 aromatic rings. The summed E-state index contributed by atoms with van der Waals surface area (Å²) in [6.45, 7) is 4.56. The van der Waals surface area contributed by atoms with Crippen LogP contribution in [0.2, 0.25) is 0 Å². The molecule has 0 aliphatic rings. The van der Waals surface area contributed by atoms with Gasteiger partial charge in [0.15, 0.2) is 9.84 Å². The molecule has 3 aromatic carbocycles. The molecule has 0 radical (unpaired) electrons. The molecule has 1 amide bonds. The molecule has 0 heterocycles. The summed E-state index contributed by atoms with van der Waals surface area (Å²) in [6, 6.07) is 19.5. The van der Waals surface area contributed by atoms with Crippen LogP contribution in [0.3, 0.4) is 0 Å². The minimum absolute atomic E-state index is 0.0384. The maximum Gasteiger partial charge on any atom is 0.248 e. The van der Waals surface area contributed by atoms with Crippen LogP contribution in [0, 0.1) is 18.6 Å². The molecule has 0 spiro atoms. The van der Waals surface area contributed by atoms with E-state index in [4.69, 9.17) is 0 Å². The summed E-state index contributed by atoms with van der Waals surface area (Å²) in [5, 5.41) is 25.5. The van der Waals surface area contributed by atoms with Gasteiger partial charge in [-0.15, -0.1) is 0 Å². The fourth-order valence-electron chi connectivity index (χ4n) is 3.59. The van der Waals surface area contributed by atoms with Crippen LogP contribution in [0.25, 0.3) is 0 Å². The number of nitrogens with one attached hydrogen (secondary N) is 2. The lowest BCUT2D eigenvalue weighted by Gasteiger charge is -2.15. The average molecular weight is 563 g/mol. The van der Waals surface area contributed by atoms with Gasteiger partial charge < -0.3 is 20.8 Å². The zero-order valence-corrected chi connectivity index (χ0v) is 22.9. The van der Waals surface area contributed by atoms with Crippen LogP contribution in [0.5, 0.6) is 0 Å².